The number of rotatable bonds is 6. The maximum Gasteiger partial charge on any atom is 0.225 e. The van der Waals surface area contributed by atoms with E-state index in [2.05, 4.69) is 15.0 Å². The highest BCUT2D eigenvalue weighted by molar-refractivity contribution is 7.98. The number of halogens is 1. The lowest BCUT2D eigenvalue weighted by molar-refractivity contribution is -0.116. The first-order valence-electron chi connectivity index (χ1n) is 8.91. The number of anilines is 1. The Morgan fingerprint density at radius 2 is 2.03 bits per heavy atom. The van der Waals surface area contributed by atoms with Crippen LogP contribution in [0.4, 0.5) is 9.52 Å². The van der Waals surface area contributed by atoms with Crippen LogP contribution in [0.2, 0.25) is 0 Å². The van der Waals surface area contributed by atoms with Crippen molar-refractivity contribution >= 4 is 55.7 Å². The Labute approximate surface area is 179 Å². The van der Waals surface area contributed by atoms with Gasteiger partial charge in [-0.05, 0) is 30.7 Å². The van der Waals surface area contributed by atoms with Crippen LogP contribution in [0.15, 0.2) is 47.1 Å². The van der Waals surface area contributed by atoms with Crippen LogP contribution in [0, 0.1) is 5.82 Å². The number of carbonyl (C=O) groups is 1. The van der Waals surface area contributed by atoms with Gasteiger partial charge < -0.3 is 0 Å². The van der Waals surface area contributed by atoms with Crippen molar-refractivity contribution in [2.75, 3.05) is 11.4 Å². The predicted octanol–water partition coefficient (Wildman–Crippen LogP) is 5.62. The molecule has 0 unspecified atom stereocenters. The van der Waals surface area contributed by atoms with Crippen molar-refractivity contribution in [3.63, 3.8) is 0 Å². The summed E-state index contributed by atoms with van der Waals surface area (Å²) in [5.74, 6) is 0.396. The zero-order valence-corrected chi connectivity index (χ0v) is 18.2. The first-order chi connectivity index (χ1) is 14.0. The van der Waals surface area contributed by atoms with Crippen molar-refractivity contribution in [2.45, 2.75) is 24.6 Å². The number of hydrogen-bond donors (Lipinski definition) is 0. The normalized spacial score (nSPS) is 11.1. The summed E-state index contributed by atoms with van der Waals surface area (Å²) >= 11 is 4.66. The van der Waals surface area contributed by atoms with E-state index in [9.17, 15) is 9.18 Å². The van der Waals surface area contributed by atoms with Gasteiger partial charge in [0.25, 0.3) is 0 Å². The fourth-order valence-corrected chi connectivity index (χ4v) is 5.94. The summed E-state index contributed by atoms with van der Waals surface area (Å²) in [4.78, 5) is 27.8. The van der Waals surface area contributed by atoms with E-state index in [1.807, 2.05) is 18.4 Å². The molecule has 29 heavy (non-hydrogen) atoms. The van der Waals surface area contributed by atoms with Gasteiger partial charge in [-0.15, -0.1) is 22.7 Å². The van der Waals surface area contributed by atoms with Gasteiger partial charge in [0, 0.05) is 29.5 Å². The van der Waals surface area contributed by atoms with Crippen molar-refractivity contribution in [1.29, 1.82) is 0 Å². The average molecular weight is 445 g/mol. The van der Waals surface area contributed by atoms with Crippen molar-refractivity contribution in [3.05, 3.63) is 53.6 Å². The molecule has 0 atom stereocenters. The van der Waals surface area contributed by atoms with Gasteiger partial charge in [0.2, 0.25) is 5.91 Å². The van der Waals surface area contributed by atoms with Crippen LogP contribution < -0.4 is 4.90 Å². The van der Waals surface area contributed by atoms with E-state index in [0.717, 1.165) is 36.5 Å². The molecule has 3 heterocycles. The van der Waals surface area contributed by atoms with Crippen molar-refractivity contribution in [2.24, 2.45) is 0 Å². The monoisotopic (exact) mass is 444 g/mol. The molecule has 4 aromatic rings. The van der Waals surface area contributed by atoms with Crippen LogP contribution in [0.5, 0.6) is 0 Å². The fraction of sp³-hybridized carbons (Fsp3) is 0.200. The molecule has 1 aromatic carbocycles. The molecule has 0 spiro atoms. The summed E-state index contributed by atoms with van der Waals surface area (Å²) in [6.45, 7) is 4.08. The molecule has 9 heteroatoms. The first-order valence-corrected chi connectivity index (χ1v) is 11.6. The zero-order chi connectivity index (χ0) is 20.4. The Morgan fingerprint density at radius 1 is 1.24 bits per heavy atom. The second-order valence-electron chi connectivity index (χ2n) is 6.18. The maximum atomic E-state index is 13.2. The summed E-state index contributed by atoms with van der Waals surface area (Å²) in [7, 11) is 0. The van der Waals surface area contributed by atoms with Gasteiger partial charge in [-0.1, -0.05) is 23.9 Å². The molecule has 0 N–H and O–H groups in total. The van der Waals surface area contributed by atoms with Crippen LogP contribution in [0.3, 0.4) is 0 Å². The molecule has 0 radical (unpaired) electrons. The number of carbonyl (C=O) groups excluding carboxylic acids is 1. The second-order valence-corrected chi connectivity index (χ2v) is 9.04. The molecule has 0 fully saturated rings. The van der Waals surface area contributed by atoms with Gasteiger partial charge in [-0.2, -0.15) is 0 Å². The van der Waals surface area contributed by atoms with Gasteiger partial charge in [0.15, 0.2) is 5.13 Å². The van der Waals surface area contributed by atoms with Crippen molar-refractivity contribution < 1.29 is 9.18 Å². The number of fused-ring (bicyclic) bond motifs is 1. The van der Waals surface area contributed by atoms with E-state index >= 15 is 0 Å². The summed E-state index contributed by atoms with van der Waals surface area (Å²) in [6.07, 6.45) is 1.56. The standard InChI is InChI=1S/C20H17FN4OS3/c1-3-25(12(2)26)20-24-15(10-28-20)9-27-19-18-16(22-11-23-19)8-17(29-18)13-4-6-14(21)7-5-13/h4-8,10-11H,3,9H2,1-2H3. The molecule has 1 amide bonds. The number of thiophene rings is 1. The number of benzene rings is 1. The third-order valence-electron chi connectivity index (χ3n) is 4.23. The zero-order valence-electron chi connectivity index (χ0n) is 15.8. The number of aromatic nitrogens is 3. The van der Waals surface area contributed by atoms with E-state index in [1.54, 1.807) is 53.4 Å². The summed E-state index contributed by atoms with van der Waals surface area (Å²) in [5.41, 5.74) is 2.75. The molecule has 5 nitrogen and oxygen atoms in total. The van der Waals surface area contributed by atoms with Crippen molar-refractivity contribution in [3.8, 4) is 10.4 Å². The van der Waals surface area contributed by atoms with Gasteiger partial charge in [0.05, 0.1) is 15.9 Å². The van der Waals surface area contributed by atoms with Crippen LogP contribution in [0.1, 0.15) is 19.5 Å². The largest absolute Gasteiger partial charge is 0.289 e. The highest BCUT2D eigenvalue weighted by atomic mass is 32.2. The average Bonchev–Trinajstić information content (AvgIpc) is 3.34. The SMILES string of the molecule is CCN(C(C)=O)c1nc(CSc2ncnc3cc(-c4ccc(F)cc4)sc23)cs1. The first kappa shape index (κ1) is 19.9. The number of amides is 1. The highest BCUT2D eigenvalue weighted by Crippen LogP contribution is 2.38. The minimum atomic E-state index is -0.250. The van der Waals surface area contributed by atoms with Crippen LogP contribution in [-0.4, -0.2) is 27.4 Å². The molecule has 0 saturated heterocycles. The number of thiazole rings is 1. The summed E-state index contributed by atoms with van der Waals surface area (Å²) in [6, 6.07) is 8.46. The summed E-state index contributed by atoms with van der Waals surface area (Å²) in [5, 5.41) is 3.59. The molecule has 148 valence electrons. The molecule has 4 rings (SSSR count). The van der Waals surface area contributed by atoms with E-state index in [4.69, 9.17) is 0 Å². The van der Waals surface area contributed by atoms with E-state index in [-0.39, 0.29) is 11.7 Å². The smallest absolute Gasteiger partial charge is 0.225 e. The number of nitrogens with zero attached hydrogens (tertiary/aromatic N) is 4. The topological polar surface area (TPSA) is 59.0 Å². The number of hydrogen-bond acceptors (Lipinski definition) is 7. The second kappa shape index (κ2) is 8.56. The Bertz CT molecular complexity index is 1160. The van der Waals surface area contributed by atoms with Crippen LogP contribution >= 0.6 is 34.4 Å². The molecule has 0 aliphatic carbocycles. The molecule has 3 aromatic heterocycles. The lowest BCUT2D eigenvalue weighted by Crippen LogP contribution is -2.27. The lowest BCUT2D eigenvalue weighted by atomic mass is 10.2. The Balaban J connectivity index is 1.55. The Kier molecular flexibility index (Phi) is 5.89. The lowest BCUT2D eigenvalue weighted by Gasteiger charge is -2.14. The Morgan fingerprint density at radius 3 is 2.76 bits per heavy atom. The van der Waals surface area contributed by atoms with E-state index < -0.39 is 0 Å². The van der Waals surface area contributed by atoms with Crippen LogP contribution in [-0.2, 0) is 10.5 Å². The molecule has 0 aliphatic rings. The minimum Gasteiger partial charge on any atom is -0.289 e. The Hall–Kier alpha value is -2.36. The number of thioether (sulfide) groups is 1. The van der Waals surface area contributed by atoms with Crippen molar-refractivity contribution in [1.82, 2.24) is 15.0 Å². The molecule has 0 bridgehead atoms. The highest BCUT2D eigenvalue weighted by Gasteiger charge is 2.15. The quantitative estimate of drug-likeness (QED) is 0.285. The molecule has 0 saturated carbocycles. The predicted molar refractivity (Wildman–Crippen MR) is 118 cm³/mol. The van der Waals surface area contributed by atoms with Crippen LogP contribution in [0.25, 0.3) is 20.7 Å². The molecule has 0 aliphatic heterocycles. The maximum absolute atomic E-state index is 13.2. The van der Waals surface area contributed by atoms with Gasteiger partial charge in [0.1, 0.15) is 17.2 Å². The molecular formula is C20H17FN4OS3. The molecular weight excluding hydrogens is 427 g/mol. The summed E-state index contributed by atoms with van der Waals surface area (Å²) < 4.78 is 14.2. The van der Waals surface area contributed by atoms with Gasteiger partial charge in [-0.25, -0.2) is 19.3 Å². The third-order valence-corrected chi connectivity index (χ3v) is 7.48. The third kappa shape index (κ3) is 4.31. The van der Waals surface area contributed by atoms with E-state index in [1.165, 1.54) is 23.5 Å². The van der Waals surface area contributed by atoms with E-state index in [0.29, 0.717) is 12.3 Å². The minimum absolute atomic E-state index is 0.00882. The van der Waals surface area contributed by atoms with Gasteiger partial charge >= 0.3 is 0 Å². The fourth-order valence-electron chi connectivity index (χ4n) is 2.81. The van der Waals surface area contributed by atoms with Gasteiger partial charge in [-0.3, -0.25) is 9.69 Å².